The number of piperazine rings is 1. The molecule has 2 aliphatic rings. The van der Waals surface area contributed by atoms with Crippen molar-refractivity contribution in [3.05, 3.63) is 0 Å². The van der Waals surface area contributed by atoms with Gasteiger partial charge in [-0.25, -0.2) is 0 Å². The monoisotopic (exact) mass is 253 g/mol. The molecular weight excluding hydrogens is 234 g/mol. The molecule has 1 heterocycles. The standard InChI is InChI=1S/C12H19N3O3/c1-8-10(17)14-9(16)7-15(8)11(18)12(13)5-3-2-4-6-12/h8H,2-7,13H2,1H3,(H,14,16,17). The van der Waals surface area contributed by atoms with Gasteiger partial charge < -0.3 is 10.6 Å². The van der Waals surface area contributed by atoms with Crippen LogP contribution in [0.4, 0.5) is 0 Å². The summed E-state index contributed by atoms with van der Waals surface area (Å²) < 4.78 is 0. The van der Waals surface area contributed by atoms with Gasteiger partial charge in [-0.05, 0) is 19.8 Å². The number of rotatable bonds is 1. The van der Waals surface area contributed by atoms with Gasteiger partial charge >= 0.3 is 0 Å². The first-order valence-electron chi connectivity index (χ1n) is 6.38. The molecule has 6 heteroatoms. The van der Waals surface area contributed by atoms with Gasteiger partial charge in [0.15, 0.2) is 0 Å². The molecule has 6 nitrogen and oxygen atoms in total. The van der Waals surface area contributed by atoms with Crippen LogP contribution < -0.4 is 11.1 Å². The third-order valence-corrected chi connectivity index (χ3v) is 3.86. The average molecular weight is 253 g/mol. The van der Waals surface area contributed by atoms with Crippen LogP contribution in [0.25, 0.3) is 0 Å². The van der Waals surface area contributed by atoms with Crippen molar-refractivity contribution in [3.8, 4) is 0 Å². The van der Waals surface area contributed by atoms with Crippen molar-refractivity contribution in [1.29, 1.82) is 0 Å². The summed E-state index contributed by atoms with van der Waals surface area (Å²) in [5.74, 6) is -1.14. The van der Waals surface area contributed by atoms with E-state index in [-0.39, 0.29) is 12.5 Å². The molecule has 1 aliphatic heterocycles. The second-order valence-corrected chi connectivity index (χ2v) is 5.24. The van der Waals surface area contributed by atoms with Gasteiger partial charge in [0.05, 0.1) is 5.54 Å². The summed E-state index contributed by atoms with van der Waals surface area (Å²) in [5.41, 5.74) is 5.25. The number of nitrogens with zero attached hydrogens (tertiary/aromatic N) is 1. The number of hydrogen-bond acceptors (Lipinski definition) is 4. The highest BCUT2D eigenvalue weighted by atomic mass is 16.2. The van der Waals surface area contributed by atoms with E-state index in [1.54, 1.807) is 6.92 Å². The van der Waals surface area contributed by atoms with E-state index < -0.39 is 23.4 Å². The number of carbonyl (C=O) groups is 3. The largest absolute Gasteiger partial charge is 0.320 e. The van der Waals surface area contributed by atoms with Crippen molar-refractivity contribution >= 4 is 17.7 Å². The quantitative estimate of drug-likeness (QED) is 0.617. The Hall–Kier alpha value is -1.43. The highest BCUT2D eigenvalue weighted by Gasteiger charge is 2.43. The molecule has 0 bridgehead atoms. The number of nitrogens with one attached hydrogen (secondary N) is 1. The van der Waals surface area contributed by atoms with Crippen molar-refractivity contribution in [3.63, 3.8) is 0 Å². The molecule has 2 fully saturated rings. The van der Waals surface area contributed by atoms with Gasteiger partial charge in [0.25, 0.3) is 0 Å². The normalized spacial score (nSPS) is 27.9. The molecule has 1 saturated carbocycles. The zero-order valence-electron chi connectivity index (χ0n) is 10.6. The molecule has 100 valence electrons. The molecule has 1 unspecified atom stereocenters. The van der Waals surface area contributed by atoms with Crippen molar-refractivity contribution in [2.75, 3.05) is 6.54 Å². The lowest BCUT2D eigenvalue weighted by Crippen LogP contribution is -2.65. The van der Waals surface area contributed by atoms with E-state index in [0.717, 1.165) is 19.3 Å². The highest BCUT2D eigenvalue weighted by Crippen LogP contribution is 2.28. The maximum Gasteiger partial charge on any atom is 0.249 e. The molecule has 2 rings (SSSR count). The van der Waals surface area contributed by atoms with Crippen molar-refractivity contribution < 1.29 is 14.4 Å². The van der Waals surface area contributed by atoms with Gasteiger partial charge in [0.2, 0.25) is 17.7 Å². The van der Waals surface area contributed by atoms with Gasteiger partial charge in [0.1, 0.15) is 12.6 Å². The summed E-state index contributed by atoms with van der Waals surface area (Å²) in [6, 6.07) is -0.627. The Morgan fingerprint density at radius 3 is 2.56 bits per heavy atom. The summed E-state index contributed by atoms with van der Waals surface area (Å²) in [6.45, 7) is 1.54. The van der Waals surface area contributed by atoms with Crippen molar-refractivity contribution in [2.45, 2.75) is 50.6 Å². The van der Waals surface area contributed by atoms with Crippen LogP contribution in [0, 0.1) is 0 Å². The topological polar surface area (TPSA) is 92.5 Å². The van der Waals surface area contributed by atoms with E-state index in [4.69, 9.17) is 5.73 Å². The molecule has 3 N–H and O–H groups in total. The van der Waals surface area contributed by atoms with Gasteiger partial charge in [-0.2, -0.15) is 0 Å². The molecule has 3 amide bonds. The number of imide groups is 1. The van der Waals surface area contributed by atoms with Crippen molar-refractivity contribution in [1.82, 2.24) is 10.2 Å². The fraction of sp³-hybridized carbons (Fsp3) is 0.750. The summed E-state index contributed by atoms with van der Waals surface area (Å²) in [6.07, 6.45) is 4.19. The summed E-state index contributed by atoms with van der Waals surface area (Å²) in [5, 5.41) is 2.22. The van der Waals surface area contributed by atoms with Crippen LogP contribution >= 0.6 is 0 Å². The molecular formula is C12H19N3O3. The van der Waals surface area contributed by atoms with Gasteiger partial charge in [-0.3, -0.25) is 19.7 Å². The van der Waals surface area contributed by atoms with E-state index >= 15 is 0 Å². The lowest BCUT2D eigenvalue weighted by molar-refractivity contribution is -0.153. The Labute approximate surface area is 106 Å². The van der Waals surface area contributed by atoms with Gasteiger partial charge in [-0.1, -0.05) is 19.3 Å². The molecule has 0 aromatic carbocycles. The van der Waals surface area contributed by atoms with E-state index in [2.05, 4.69) is 5.32 Å². The van der Waals surface area contributed by atoms with E-state index in [0.29, 0.717) is 12.8 Å². The van der Waals surface area contributed by atoms with Gasteiger partial charge in [0, 0.05) is 0 Å². The first-order chi connectivity index (χ1) is 8.44. The van der Waals surface area contributed by atoms with Crippen LogP contribution in [0.3, 0.4) is 0 Å². The number of hydrogen-bond donors (Lipinski definition) is 2. The third-order valence-electron chi connectivity index (χ3n) is 3.86. The third kappa shape index (κ3) is 2.25. The fourth-order valence-corrected chi connectivity index (χ4v) is 2.64. The minimum absolute atomic E-state index is 0.0787. The maximum atomic E-state index is 12.4. The maximum absolute atomic E-state index is 12.4. The predicted octanol–water partition coefficient (Wildman–Crippen LogP) is -0.478. The molecule has 18 heavy (non-hydrogen) atoms. The Kier molecular flexibility index (Phi) is 3.38. The minimum atomic E-state index is -0.898. The second kappa shape index (κ2) is 4.68. The number of carbonyl (C=O) groups excluding carboxylic acids is 3. The van der Waals surface area contributed by atoms with Crippen LogP contribution in [0.1, 0.15) is 39.0 Å². The molecule has 0 radical (unpaired) electrons. The summed E-state index contributed by atoms with van der Waals surface area (Å²) in [4.78, 5) is 36.7. The number of nitrogens with two attached hydrogens (primary N) is 1. The molecule has 0 spiro atoms. The first kappa shape index (κ1) is 13.0. The zero-order valence-corrected chi connectivity index (χ0v) is 10.6. The van der Waals surface area contributed by atoms with E-state index in [9.17, 15) is 14.4 Å². The van der Waals surface area contributed by atoms with Crippen molar-refractivity contribution in [2.24, 2.45) is 5.73 Å². The summed E-state index contributed by atoms with van der Waals surface area (Å²) >= 11 is 0. The molecule has 1 aliphatic carbocycles. The minimum Gasteiger partial charge on any atom is -0.320 e. The zero-order chi connectivity index (χ0) is 13.3. The first-order valence-corrected chi connectivity index (χ1v) is 6.38. The van der Waals surface area contributed by atoms with Crippen LogP contribution in [0.5, 0.6) is 0 Å². The number of amides is 3. The Morgan fingerprint density at radius 1 is 1.33 bits per heavy atom. The summed E-state index contributed by atoms with van der Waals surface area (Å²) in [7, 11) is 0. The smallest absolute Gasteiger partial charge is 0.249 e. The lowest BCUT2D eigenvalue weighted by atomic mass is 9.81. The predicted molar refractivity (Wildman–Crippen MR) is 64.3 cm³/mol. The molecule has 0 aromatic heterocycles. The SMILES string of the molecule is CC1C(=O)NC(=O)CN1C(=O)C1(N)CCCCC1. The van der Waals surface area contributed by atoms with Gasteiger partial charge in [-0.15, -0.1) is 0 Å². The Bertz CT molecular complexity index is 388. The molecule has 1 saturated heterocycles. The van der Waals surface area contributed by atoms with Crippen LogP contribution in [0.2, 0.25) is 0 Å². The fourth-order valence-electron chi connectivity index (χ4n) is 2.64. The van der Waals surface area contributed by atoms with E-state index in [1.165, 1.54) is 4.90 Å². The van der Waals surface area contributed by atoms with E-state index in [1.807, 2.05) is 0 Å². The van der Waals surface area contributed by atoms with Crippen LogP contribution in [0.15, 0.2) is 0 Å². The Balaban J connectivity index is 2.16. The molecule has 0 aromatic rings. The highest BCUT2D eigenvalue weighted by molar-refractivity contribution is 6.05. The van der Waals surface area contributed by atoms with Crippen LogP contribution in [-0.2, 0) is 14.4 Å². The van der Waals surface area contributed by atoms with Crippen LogP contribution in [-0.4, -0.2) is 40.7 Å². The lowest BCUT2D eigenvalue weighted by Gasteiger charge is -2.40. The average Bonchev–Trinajstić information content (AvgIpc) is 2.34. The molecule has 1 atom stereocenters. The Morgan fingerprint density at radius 2 is 1.94 bits per heavy atom. The second-order valence-electron chi connectivity index (χ2n) is 5.24.